The Morgan fingerprint density at radius 1 is 0.793 bits per heavy atom. The maximum atomic E-state index is 13.5. The number of carbonyl (C=O) groups is 4. The van der Waals surface area contributed by atoms with Gasteiger partial charge in [0.05, 0.1) is 19.5 Å². The first-order valence-electron chi connectivity index (χ1n) is 20.5. The average molecular weight is 803 g/mol. The first kappa shape index (κ1) is 42.4. The molecule has 3 atom stereocenters. The van der Waals surface area contributed by atoms with Crippen molar-refractivity contribution in [2.75, 3.05) is 59.0 Å². The minimum atomic E-state index is -0.697. The highest BCUT2D eigenvalue weighted by Crippen LogP contribution is 2.25. The fraction of sp³-hybridized carbons (Fsp3) is 0.548. The number of piperazine rings is 1. The van der Waals surface area contributed by atoms with E-state index in [1.807, 2.05) is 71.7 Å². The number of nitrogens with two attached hydrogens (primary N) is 1. The highest BCUT2D eigenvalue weighted by molar-refractivity contribution is 5.79. The molecule has 0 radical (unpaired) electrons. The number of unbranched alkanes of at least 4 members (excludes halogenated alkanes) is 2. The van der Waals surface area contributed by atoms with Crippen LogP contribution in [0.1, 0.15) is 55.2 Å². The number of ether oxygens (including phenoxy) is 4. The summed E-state index contributed by atoms with van der Waals surface area (Å²) in [6, 6.07) is 17.2. The number of benzene rings is 2. The number of amides is 5. The third-order valence-electron chi connectivity index (χ3n) is 11.0. The van der Waals surface area contributed by atoms with Crippen molar-refractivity contribution >= 4 is 24.1 Å². The molecule has 4 N–H and O–H groups in total. The number of hydrogen-bond acceptors (Lipinski definition) is 10. The number of nitrogens with zero attached hydrogens (tertiary/aromatic N) is 5. The Morgan fingerprint density at radius 3 is 2.24 bits per heavy atom. The highest BCUT2D eigenvalue weighted by Gasteiger charge is 2.40. The van der Waals surface area contributed by atoms with Gasteiger partial charge >= 0.3 is 18.2 Å². The Labute approximate surface area is 340 Å². The number of carbonyl (C=O) groups excluding carboxylic acids is 4. The zero-order chi connectivity index (χ0) is 40.5. The molecule has 2 aromatic carbocycles. The lowest BCUT2D eigenvalue weighted by atomic mass is 9.96. The van der Waals surface area contributed by atoms with Gasteiger partial charge in [-0.1, -0.05) is 54.6 Å². The number of urea groups is 1. The molecule has 0 saturated carbocycles. The number of imidazole rings is 1. The molecule has 0 aliphatic carbocycles. The summed E-state index contributed by atoms with van der Waals surface area (Å²) in [5.74, 6) is -0.112. The average Bonchev–Trinajstić information content (AvgIpc) is 3.80. The molecule has 0 bridgehead atoms. The minimum absolute atomic E-state index is 0.0330. The lowest BCUT2D eigenvalue weighted by Gasteiger charge is -2.39. The first-order chi connectivity index (χ1) is 28.4. The maximum absolute atomic E-state index is 13.5. The van der Waals surface area contributed by atoms with Crippen LogP contribution >= 0.6 is 0 Å². The van der Waals surface area contributed by atoms with Crippen LogP contribution in [0.3, 0.4) is 0 Å². The molecule has 16 heteroatoms. The monoisotopic (exact) mass is 802 g/mol. The largest absolute Gasteiger partial charge is 0.447 e. The van der Waals surface area contributed by atoms with E-state index in [1.165, 1.54) is 0 Å². The van der Waals surface area contributed by atoms with Gasteiger partial charge in [-0.2, -0.15) is 0 Å². The smallest absolute Gasteiger partial charge is 0.410 e. The van der Waals surface area contributed by atoms with E-state index in [2.05, 4.69) is 15.6 Å². The van der Waals surface area contributed by atoms with E-state index >= 15 is 0 Å². The molecule has 58 heavy (non-hydrogen) atoms. The zero-order valence-corrected chi connectivity index (χ0v) is 33.3. The Morgan fingerprint density at radius 2 is 1.52 bits per heavy atom. The third kappa shape index (κ3) is 12.7. The Kier molecular flexibility index (Phi) is 16.2. The standard InChI is InChI=1S/C42H58N8O8/c43-27-32-9-11-33(12-10-32)28-46-40(52)48-22-24-50(25-23-48)42(54)58-36-15-26-55-37(38(36)56-29-34-7-3-1-4-8-34)30-57-41(53)49-19-13-35(14-20-49)39(51)45-16-5-2-6-18-47-21-17-44-31-47/h1,3-4,7-12,17,21,31,35-38H,2,5-6,13-16,18-20,22-30,43H2,(H,45,51)(H,46,52)/t36-,37-,38+/m1/s1. The molecule has 4 heterocycles. The maximum Gasteiger partial charge on any atom is 0.410 e. The van der Waals surface area contributed by atoms with E-state index in [9.17, 15) is 19.2 Å². The Hall–Kier alpha value is -5.19. The molecular formula is C42H58N8O8. The predicted molar refractivity (Wildman–Crippen MR) is 214 cm³/mol. The summed E-state index contributed by atoms with van der Waals surface area (Å²) in [6.45, 7) is 5.07. The molecule has 5 amide bonds. The van der Waals surface area contributed by atoms with E-state index < -0.39 is 30.5 Å². The van der Waals surface area contributed by atoms with Crippen molar-refractivity contribution in [2.24, 2.45) is 11.7 Å². The van der Waals surface area contributed by atoms with Crippen LogP contribution in [0.2, 0.25) is 0 Å². The topological polar surface area (TPSA) is 183 Å². The quantitative estimate of drug-likeness (QED) is 0.180. The van der Waals surface area contributed by atoms with Crippen LogP contribution in [-0.2, 0) is 50.0 Å². The van der Waals surface area contributed by atoms with Crippen molar-refractivity contribution in [1.82, 2.24) is 34.9 Å². The van der Waals surface area contributed by atoms with Crippen LogP contribution in [0, 0.1) is 5.92 Å². The van der Waals surface area contributed by atoms with Gasteiger partial charge in [0.15, 0.2) is 0 Å². The first-order valence-corrected chi connectivity index (χ1v) is 20.5. The lowest BCUT2D eigenvalue weighted by Crippen LogP contribution is -2.55. The van der Waals surface area contributed by atoms with E-state index in [4.69, 9.17) is 24.7 Å². The normalized spacial score (nSPS) is 20.0. The summed E-state index contributed by atoms with van der Waals surface area (Å²) in [7, 11) is 0. The van der Waals surface area contributed by atoms with Crippen LogP contribution in [0.25, 0.3) is 0 Å². The number of rotatable bonds is 16. The lowest BCUT2D eigenvalue weighted by molar-refractivity contribution is -0.178. The molecule has 3 aliphatic heterocycles. The zero-order valence-electron chi connectivity index (χ0n) is 33.3. The summed E-state index contributed by atoms with van der Waals surface area (Å²) in [5, 5.41) is 6.01. The summed E-state index contributed by atoms with van der Waals surface area (Å²) >= 11 is 0. The summed E-state index contributed by atoms with van der Waals surface area (Å²) < 4.78 is 26.3. The molecule has 3 aromatic rings. The SMILES string of the molecule is NCc1ccc(CNC(=O)N2CCN(C(=O)O[C@@H]3CCO[C@H](COC(=O)N4CCC(C(=O)NCCCCCn5ccnc5)CC4)[C@H]3OCc3ccccc3)CC2)cc1. The number of piperidine rings is 1. The molecule has 0 unspecified atom stereocenters. The van der Waals surface area contributed by atoms with Crippen LogP contribution in [-0.4, -0.2) is 126 Å². The van der Waals surface area contributed by atoms with Gasteiger partial charge in [-0.15, -0.1) is 0 Å². The van der Waals surface area contributed by atoms with Crippen LogP contribution in [0.15, 0.2) is 73.3 Å². The third-order valence-corrected chi connectivity index (χ3v) is 11.0. The molecule has 3 saturated heterocycles. The summed E-state index contributed by atoms with van der Waals surface area (Å²) in [6.07, 6.45) is 7.03. The van der Waals surface area contributed by atoms with Gasteiger partial charge in [0, 0.05) is 90.2 Å². The molecule has 3 aliphatic rings. The Balaban J connectivity index is 0.933. The second kappa shape index (κ2) is 22.1. The van der Waals surface area contributed by atoms with Crippen molar-refractivity contribution in [1.29, 1.82) is 0 Å². The number of hydrogen-bond donors (Lipinski definition) is 3. The van der Waals surface area contributed by atoms with E-state index in [1.54, 1.807) is 20.9 Å². The molecule has 1 aromatic heterocycles. The van der Waals surface area contributed by atoms with Gasteiger partial charge in [0.1, 0.15) is 24.9 Å². The van der Waals surface area contributed by atoms with Crippen molar-refractivity contribution in [3.05, 3.63) is 90.0 Å². The minimum Gasteiger partial charge on any atom is -0.447 e. The van der Waals surface area contributed by atoms with Crippen LogP contribution < -0.4 is 16.4 Å². The molecular weight excluding hydrogens is 745 g/mol. The number of aromatic nitrogens is 2. The summed E-state index contributed by atoms with van der Waals surface area (Å²) in [5.41, 5.74) is 8.62. The fourth-order valence-corrected chi connectivity index (χ4v) is 7.40. The second-order valence-corrected chi connectivity index (χ2v) is 15.0. The summed E-state index contributed by atoms with van der Waals surface area (Å²) in [4.78, 5) is 61.3. The Bertz CT molecular complexity index is 1710. The molecule has 314 valence electrons. The molecule has 6 rings (SSSR count). The highest BCUT2D eigenvalue weighted by atomic mass is 16.6. The second-order valence-electron chi connectivity index (χ2n) is 15.0. The number of aryl methyl sites for hydroxylation is 1. The van der Waals surface area contributed by atoms with Gasteiger partial charge in [0.2, 0.25) is 5.91 Å². The van der Waals surface area contributed by atoms with Gasteiger partial charge in [-0.25, -0.2) is 19.4 Å². The van der Waals surface area contributed by atoms with Gasteiger partial charge in [-0.3, -0.25) is 4.79 Å². The van der Waals surface area contributed by atoms with Crippen molar-refractivity contribution in [3.63, 3.8) is 0 Å². The molecule has 3 fully saturated rings. The van der Waals surface area contributed by atoms with Gasteiger partial charge < -0.3 is 54.6 Å². The van der Waals surface area contributed by atoms with E-state index in [0.717, 1.165) is 42.5 Å². The van der Waals surface area contributed by atoms with Crippen molar-refractivity contribution in [2.45, 2.75) is 83.1 Å². The predicted octanol–water partition coefficient (Wildman–Crippen LogP) is 3.88. The van der Waals surface area contributed by atoms with Crippen molar-refractivity contribution in [3.8, 4) is 0 Å². The van der Waals surface area contributed by atoms with Crippen molar-refractivity contribution < 1.29 is 38.1 Å². The van der Waals surface area contributed by atoms with Crippen LogP contribution in [0.5, 0.6) is 0 Å². The number of likely N-dealkylation sites (tertiary alicyclic amines) is 1. The fourth-order valence-electron chi connectivity index (χ4n) is 7.40. The molecule has 16 nitrogen and oxygen atoms in total. The van der Waals surface area contributed by atoms with E-state index in [-0.39, 0.29) is 31.1 Å². The van der Waals surface area contributed by atoms with E-state index in [0.29, 0.717) is 84.8 Å². The van der Waals surface area contributed by atoms with Gasteiger partial charge in [0.25, 0.3) is 0 Å². The number of nitrogens with one attached hydrogen (secondary N) is 2. The van der Waals surface area contributed by atoms with Crippen LogP contribution in [0.4, 0.5) is 14.4 Å². The molecule has 0 spiro atoms. The van der Waals surface area contributed by atoms with Gasteiger partial charge in [-0.05, 0) is 48.8 Å².